The number of hydrogen-bond donors (Lipinski definition) is 2. The van der Waals surface area contributed by atoms with Gasteiger partial charge in [0.1, 0.15) is 0 Å². The summed E-state index contributed by atoms with van der Waals surface area (Å²) in [5.41, 5.74) is 8.08. The van der Waals surface area contributed by atoms with Gasteiger partial charge in [-0.3, -0.25) is 0 Å². The highest BCUT2D eigenvalue weighted by molar-refractivity contribution is 5.77. The summed E-state index contributed by atoms with van der Waals surface area (Å²) in [5.74, 6) is -1.96. The van der Waals surface area contributed by atoms with Crippen LogP contribution in [-0.2, 0) is 0 Å². The van der Waals surface area contributed by atoms with Crippen molar-refractivity contribution in [2.45, 2.75) is 51.5 Å². The number of rotatable bonds is 3. The Labute approximate surface area is 141 Å². The lowest BCUT2D eigenvalue weighted by Crippen LogP contribution is -2.32. The lowest BCUT2D eigenvalue weighted by atomic mass is 9.92. The topological polar surface area (TPSA) is 63.8 Å². The van der Waals surface area contributed by atoms with Gasteiger partial charge in [-0.05, 0) is 37.1 Å². The number of aromatic nitrogens is 2. The average Bonchev–Trinajstić information content (AvgIpc) is 2.61. The van der Waals surface area contributed by atoms with Crippen molar-refractivity contribution in [2.24, 2.45) is 0 Å². The van der Waals surface area contributed by atoms with E-state index in [4.69, 9.17) is 5.73 Å². The van der Waals surface area contributed by atoms with Gasteiger partial charge in [0.15, 0.2) is 5.82 Å². The van der Waals surface area contributed by atoms with Crippen LogP contribution in [0.2, 0.25) is 0 Å². The SMILES string of the molecule is CC.Nc1ccc(NC2CCC(F)(F)CC2)c(-c2ncccn2)c1. The molecule has 1 aliphatic carbocycles. The van der Waals surface area contributed by atoms with Crippen molar-refractivity contribution in [1.29, 1.82) is 0 Å². The van der Waals surface area contributed by atoms with Crippen LogP contribution in [0, 0.1) is 0 Å². The molecule has 130 valence electrons. The molecule has 0 saturated heterocycles. The molecular weight excluding hydrogens is 310 g/mol. The van der Waals surface area contributed by atoms with Crippen molar-refractivity contribution in [3.05, 3.63) is 36.7 Å². The van der Waals surface area contributed by atoms with Crippen LogP contribution in [0.1, 0.15) is 39.5 Å². The third-order valence-electron chi connectivity index (χ3n) is 3.93. The predicted octanol–water partition coefficient (Wildman–Crippen LogP) is 4.74. The highest BCUT2D eigenvalue weighted by Gasteiger charge is 2.35. The van der Waals surface area contributed by atoms with E-state index in [1.165, 1.54) is 0 Å². The molecule has 4 nitrogen and oxygen atoms in total. The van der Waals surface area contributed by atoms with Crippen molar-refractivity contribution in [3.8, 4) is 11.4 Å². The number of hydrogen-bond acceptors (Lipinski definition) is 4. The zero-order chi connectivity index (χ0) is 17.6. The van der Waals surface area contributed by atoms with E-state index in [1.807, 2.05) is 19.9 Å². The molecule has 1 aromatic carbocycles. The Morgan fingerprint density at radius 3 is 2.38 bits per heavy atom. The molecule has 1 heterocycles. The largest absolute Gasteiger partial charge is 0.399 e. The number of anilines is 2. The van der Waals surface area contributed by atoms with Gasteiger partial charge in [-0.15, -0.1) is 0 Å². The van der Waals surface area contributed by atoms with E-state index < -0.39 is 5.92 Å². The first-order chi connectivity index (χ1) is 11.5. The molecule has 0 radical (unpaired) electrons. The van der Waals surface area contributed by atoms with E-state index in [0.29, 0.717) is 24.4 Å². The highest BCUT2D eigenvalue weighted by atomic mass is 19.3. The Morgan fingerprint density at radius 2 is 1.75 bits per heavy atom. The molecule has 0 unspecified atom stereocenters. The summed E-state index contributed by atoms with van der Waals surface area (Å²) in [4.78, 5) is 8.48. The van der Waals surface area contributed by atoms with Crippen LogP contribution >= 0.6 is 0 Å². The van der Waals surface area contributed by atoms with Gasteiger partial charge in [0.05, 0.1) is 0 Å². The fourth-order valence-electron chi connectivity index (χ4n) is 2.72. The molecule has 0 bridgehead atoms. The van der Waals surface area contributed by atoms with Crippen molar-refractivity contribution < 1.29 is 8.78 Å². The molecule has 1 aliphatic rings. The quantitative estimate of drug-likeness (QED) is 0.796. The molecule has 0 spiro atoms. The zero-order valence-electron chi connectivity index (χ0n) is 14.1. The second kappa shape index (κ2) is 8.04. The van der Waals surface area contributed by atoms with Crippen LogP contribution in [0.4, 0.5) is 20.2 Å². The number of alkyl halides is 2. The lowest BCUT2D eigenvalue weighted by Gasteiger charge is -2.30. The minimum absolute atomic E-state index is 0.0331. The number of nitrogens with one attached hydrogen (secondary N) is 1. The molecule has 1 aromatic heterocycles. The van der Waals surface area contributed by atoms with E-state index in [9.17, 15) is 8.78 Å². The van der Waals surface area contributed by atoms with E-state index in [1.54, 1.807) is 30.6 Å². The van der Waals surface area contributed by atoms with E-state index in [-0.39, 0.29) is 18.9 Å². The molecular formula is C18H24F2N4. The maximum atomic E-state index is 13.2. The predicted molar refractivity (Wildman–Crippen MR) is 94.1 cm³/mol. The molecule has 0 atom stereocenters. The number of benzene rings is 1. The van der Waals surface area contributed by atoms with Crippen LogP contribution in [0.5, 0.6) is 0 Å². The summed E-state index contributed by atoms with van der Waals surface area (Å²) in [6.45, 7) is 4.00. The van der Waals surface area contributed by atoms with Gasteiger partial charge in [0.25, 0.3) is 0 Å². The van der Waals surface area contributed by atoms with Crippen LogP contribution in [0.25, 0.3) is 11.4 Å². The summed E-state index contributed by atoms with van der Waals surface area (Å²) < 4.78 is 26.5. The van der Waals surface area contributed by atoms with Gasteiger partial charge in [-0.2, -0.15) is 0 Å². The Balaban J connectivity index is 0.00000100. The van der Waals surface area contributed by atoms with Gasteiger partial charge < -0.3 is 11.1 Å². The Kier molecular flexibility index (Phi) is 6.06. The smallest absolute Gasteiger partial charge is 0.248 e. The minimum atomic E-state index is -2.52. The lowest BCUT2D eigenvalue weighted by molar-refractivity contribution is -0.0360. The van der Waals surface area contributed by atoms with Gasteiger partial charge in [0, 0.05) is 48.2 Å². The fourth-order valence-corrected chi connectivity index (χ4v) is 2.72. The van der Waals surface area contributed by atoms with Gasteiger partial charge in [-0.1, -0.05) is 13.8 Å². The van der Waals surface area contributed by atoms with E-state index >= 15 is 0 Å². The fraction of sp³-hybridized carbons (Fsp3) is 0.444. The molecule has 0 amide bonds. The first-order valence-electron chi connectivity index (χ1n) is 8.35. The molecule has 6 heteroatoms. The number of halogens is 2. The summed E-state index contributed by atoms with van der Waals surface area (Å²) in [6.07, 6.45) is 4.08. The summed E-state index contributed by atoms with van der Waals surface area (Å²) in [5, 5.41) is 3.34. The molecule has 2 aromatic rings. The summed E-state index contributed by atoms with van der Waals surface area (Å²) >= 11 is 0. The standard InChI is InChI=1S/C16H18F2N4.C2H6/c17-16(18)6-4-12(5-7-16)22-14-3-2-11(19)10-13(14)15-20-8-1-9-21-15;1-2/h1-3,8-10,12,22H,4-7,19H2;1-2H3. The normalized spacial score (nSPS) is 16.8. The van der Waals surface area contributed by atoms with E-state index in [0.717, 1.165) is 11.3 Å². The van der Waals surface area contributed by atoms with Gasteiger partial charge in [0.2, 0.25) is 5.92 Å². The van der Waals surface area contributed by atoms with Crippen molar-refractivity contribution in [3.63, 3.8) is 0 Å². The van der Waals surface area contributed by atoms with Crippen LogP contribution < -0.4 is 11.1 Å². The Morgan fingerprint density at radius 1 is 1.12 bits per heavy atom. The highest BCUT2D eigenvalue weighted by Crippen LogP contribution is 2.36. The maximum Gasteiger partial charge on any atom is 0.248 e. The van der Waals surface area contributed by atoms with Crippen molar-refractivity contribution in [1.82, 2.24) is 9.97 Å². The monoisotopic (exact) mass is 334 g/mol. The zero-order valence-corrected chi connectivity index (χ0v) is 14.1. The molecule has 24 heavy (non-hydrogen) atoms. The molecule has 1 fully saturated rings. The summed E-state index contributed by atoms with van der Waals surface area (Å²) in [6, 6.07) is 7.21. The Bertz CT molecular complexity index is 637. The third-order valence-corrected chi connectivity index (χ3v) is 3.93. The second-order valence-electron chi connectivity index (χ2n) is 5.65. The van der Waals surface area contributed by atoms with Gasteiger partial charge >= 0.3 is 0 Å². The number of nitrogens with two attached hydrogens (primary N) is 1. The maximum absolute atomic E-state index is 13.2. The molecule has 3 rings (SSSR count). The van der Waals surface area contributed by atoms with Crippen LogP contribution in [0.15, 0.2) is 36.7 Å². The second-order valence-corrected chi connectivity index (χ2v) is 5.65. The van der Waals surface area contributed by atoms with Gasteiger partial charge in [-0.25, -0.2) is 18.7 Å². The average molecular weight is 334 g/mol. The van der Waals surface area contributed by atoms with E-state index in [2.05, 4.69) is 15.3 Å². The number of nitrogen functional groups attached to an aromatic ring is 1. The first-order valence-corrected chi connectivity index (χ1v) is 8.35. The number of nitrogens with zero attached hydrogens (tertiary/aromatic N) is 2. The first kappa shape index (κ1) is 18.1. The molecule has 1 saturated carbocycles. The van der Waals surface area contributed by atoms with Crippen LogP contribution in [0.3, 0.4) is 0 Å². The molecule has 3 N–H and O–H groups in total. The summed E-state index contributed by atoms with van der Waals surface area (Å²) in [7, 11) is 0. The minimum Gasteiger partial charge on any atom is -0.399 e. The van der Waals surface area contributed by atoms with Crippen LogP contribution in [-0.4, -0.2) is 21.9 Å². The van der Waals surface area contributed by atoms with Crippen molar-refractivity contribution >= 4 is 11.4 Å². The Hall–Kier alpha value is -2.24. The molecule has 0 aliphatic heterocycles. The van der Waals surface area contributed by atoms with Crippen molar-refractivity contribution in [2.75, 3.05) is 11.1 Å². The third kappa shape index (κ3) is 4.63.